The number of sulfone groups is 1. The summed E-state index contributed by atoms with van der Waals surface area (Å²) >= 11 is 0. The van der Waals surface area contributed by atoms with E-state index in [4.69, 9.17) is 5.26 Å². The maximum atomic E-state index is 12.1. The fraction of sp³-hybridized carbons (Fsp3) is 0.917. The Labute approximate surface area is 111 Å². The van der Waals surface area contributed by atoms with E-state index in [-0.39, 0.29) is 5.92 Å². The van der Waals surface area contributed by atoms with E-state index in [0.29, 0.717) is 18.8 Å². The number of alkyl halides is 3. The van der Waals surface area contributed by atoms with Crippen molar-refractivity contribution in [1.29, 1.82) is 5.26 Å². The molecule has 0 spiro atoms. The molecule has 1 saturated carbocycles. The molecule has 1 atom stereocenters. The van der Waals surface area contributed by atoms with Gasteiger partial charge in [0.2, 0.25) is 0 Å². The molecule has 1 aliphatic rings. The van der Waals surface area contributed by atoms with Gasteiger partial charge in [0.05, 0.1) is 18.2 Å². The van der Waals surface area contributed by atoms with Crippen molar-refractivity contribution in [2.24, 2.45) is 11.8 Å². The fourth-order valence-corrected chi connectivity index (χ4v) is 4.24. The first-order valence-corrected chi connectivity index (χ1v) is 8.05. The zero-order chi connectivity index (χ0) is 14.7. The smallest absolute Gasteiger partial charge is 0.227 e. The molecule has 0 aliphatic heterocycles. The van der Waals surface area contributed by atoms with E-state index >= 15 is 0 Å². The Morgan fingerprint density at radius 1 is 1.26 bits per heavy atom. The average molecular weight is 297 g/mol. The molecule has 1 unspecified atom stereocenters. The Bertz CT molecular complexity index is 431. The van der Waals surface area contributed by atoms with Gasteiger partial charge < -0.3 is 0 Å². The molecule has 7 heteroatoms. The molecule has 0 bridgehead atoms. The zero-order valence-electron chi connectivity index (χ0n) is 10.8. The van der Waals surface area contributed by atoms with Gasteiger partial charge in [-0.25, -0.2) is 8.42 Å². The second kappa shape index (κ2) is 6.12. The second-order valence-electron chi connectivity index (χ2n) is 5.30. The van der Waals surface area contributed by atoms with Gasteiger partial charge in [0.15, 0.2) is 15.1 Å². The van der Waals surface area contributed by atoms with Gasteiger partial charge in [-0.2, -0.15) is 18.4 Å². The van der Waals surface area contributed by atoms with Crippen LogP contribution in [0.1, 0.15) is 39.0 Å². The summed E-state index contributed by atoms with van der Waals surface area (Å²) in [6, 6.07) is 1.71. The van der Waals surface area contributed by atoms with Gasteiger partial charge in [0.25, 0.3) is 0 Å². The molecule has 0 aromatic rings. The third kappa shape index (κ3) is 5.01. The van der Waals surface area contributed by atoms with Crippen LogP contribution in [0.2, 0.25) is 0 Å². The molecule has 110 valence electrons. The summed E-state index contributed by atoms with van der Waals surface area (Å²) in [7, 11) is -4.00. The summed E-state index contributed by atoms with van der Waals surface area (Å²) in [5.74, 6) is -0.811. The van der Waals surface area contributed by atoms with E-state index in [1.165, 1.54) is 0 Å². The fourth-order valence-electron chi connectivity index (χ4n) is 2.45. The van der Waals surface area contributed by atoms with Gasteiger partial charge >= 0.3 is 6.18 Å². The molecular weight excluding hydrogens is 279 g/mol. The van der Waals surface area contributed by atoms with Crippen LogP contribution in [-0.4, -0.2) is 25.6 Å². The minimum Gasteiger partial charge on any atom is -0.227 e. The molecule has 0 radical (unpaired) electrons. The topological polar surface area (TPSA) is 57.9 Å². The van der Waals surface area contributed by atoms with Crippen molar-refractivity contribution in [2.45, 2.75) is 50.5 Å². The minimum atomic E-state index is -4.51. The largest absolute Gasteiger partial charge is 0.390 e. The standard InChI is InChI=1S/C12H18F3NO2S/c1-9-2-4-10(5-3-9)11(8-16)19(17,18)7-6-12(13,14)15/h9-11H,2-7H2,1H3. The Morgan fingerprint density at radius 2 is 1.79 bits per heavy atom. The maximum absolute atomic E-state index is 12.1. The number of hydrogen-bond donors (Lipinski definition) is 0. The van der Waals surface area contributed by atoms with Crippen molar-refractivity contribution in [2.75, 3.05) is 5.75 Å². The summed E-state index contributed by atoms with van der Waals surface area (Å²) in [5.41, 5.74) is 0. The van der Waals surface area contributed by atoms with Crippen LogP contribution in [0, 0.1) is 23.2 Å². The number of nitrogens with zero attached hydrogens (tertiary/aromatic N) is 1. The van der Waals surface area contributed by atoms with Gasteiger partial charge in [-0.3, -0.25) is 0 Å². The van der Waals surface area contributed by atoms with Gasteiger partial charge in [0.1, 0.15) is 0 Å². The molecule has 3 nitrogen and oxygen atoms in total. The minimum absolute atomic E-state index is 0.320. The molecule has 1 aliphatic carbocycles. The molecule has 19 heavy (non-hydrogen) atoms. The van der Waals surface area contributed by atoms with Crippen LogP contribution in [0.25, 0.3) is 0 Å². The zero-order valence-corrected chi connectivity index (χ0v) is 11.6. The van der Waals surface area contributed by atoms with Crippen molar-refractivity contribution in [3.05, 3.63) is 0 Å². The number of hydrogen-bond acceptors (Lipinski definition) is 3. The summed E-state index contributed by atoms with van der Waals surface area (Å²) in [6.07, 6.45) is -3.02. The van der Waals surface area contributed by atoms with E-state index in [0.717, 1.165) is 12.8 Å². The van der Waals surface area contributed by atoms with Gasteiger partial charge in [-0.15, -0.1) is 0 Å². The Balaban J connectivity index is 2.71. The van der Waals surface area contributed by atoms with Gasteiger partial charge in [-0.1, -0.05) is 19.8 Å². The highest BCUT2D eigenvalue weighted by Crippen LogP contribution is 2.33. The first kappa shape index (κ1) is 16.3. The van der Waals surface area contributed by atoms with Crippen molar-refractivity contribution in [3.8, 4) is 6.07 Å². The third-order valence-electron chi connectivity index (χ3n) is 3.67. The predicted molar refractivity (Wildman–Crippen MR) is 65.0 cm³/mol. The monoisotopic (exact) mass is 297 g/mol. The number of rotatable bonds is 4. The molecular formula is C12H18F3NO2S. The third-order valence-corrected chi connectivity index (χ3v) is 5.71. The van der Waals surface area contributed by atoms with E-state index < -0.39 is 33.4 Å². The van der Waals surface area contributed by atoms with Crippen LogP contribution in [0.4, 0.5) is 13.2 Å². The summed E-state index contributed by atoms with van der Waals surface area (Å²) in [5, 5.41) is 7.71. The normalized spacial score (nSPS) is 26.7. The highest BCUT2D eigenvalue weighted by atomic mass is 32.2. The first-order valence-electron chi connectivity index (χ1n) is 6.33. The van der Waals surface area contributed by atoms with Crippen LogP contribution in [0.5, 0.6) is 0 Å². The summed E-state index contributed by atoms with van der Waals surface area (Å²) < 4.78 is 60.0. The maximum Gasteiger partial charge on any atom is 0.390 e. The van der Waals surface area contributed by atoms with Crippen LogP contribution >= 0.6 is 0 Å². The lowest BCUT2D eigenvalue weighted by Gasteiger charge is -2.29. The summed E-state index contributed by atoms with van der Waals surface area (Å²) in [4.78, 5) is 0. The SMILES string of the molecule is CC1CCC(C(C#N)S(=O)(=O)CCC(F)(F)F)CC1. The van der Waals surface area contributed by atoms with Crippen LogP contribution in [0.3, 0.4) is 0 Å². The average Bonchev–Trinajstić information content (AvgIpc) is 2.29. The molecule has 1 rings (SSSR count). The van der Waals surface area contributed by atoms with Gasteiger partial charge in [-0.05, 0) is 24.7 Å². The quantitative estimate of drug-likeness (QED) is 0.801. The predicted octanol–water partition coefficient (Wildman–Crippen LogP) is 3.07. The van der Waals surface area contributed by atoms with E-state index in [9.17, 15) is 21.6 Å². The molecule has 0 aromatic heterocycles. The van der Waals surface area contributed by atoms with Crippen LogP contribution < -0.4 is 0 Å². The van der Waals surface area contributed by atoms with E-state index in [1.54, 1.807) is 6.07 Å². The number of halogens is 3. The molecule has 0 aromatic carbocycles. The first-order chi connectivity index (χ1) is 8.65. The van der Waals surface area contributed by atoms with Crippen molar-refractivity contribution in [3.63, 3.8) is 0 Å². The van der Waals surface area contributed by atoms with E-state index in [1.807, 2.05) is 0 Å². The highest BCUT2D eigenvalue weighted by molar-refractivity contribution is 7.92. The molecule has 0 N–H and O–H groups in total. The lowest BCUT2D eigenvalue weighted by Crippen LogP contribution is -2.34. The summed E-state index contributed by atoms with van der Waals surface area (Å²) in [6.45, 7) is 2.05. The van der Waals surface area contributed by atoms with Crippen molar-refractivity contribution >= 4 is 9.84 Å². The van der Waals surface area contributed by atoms with Gasteiger partial charge in [0, 0.05) is 0 Å². The molecule has 0 saturated heterocycles. The Morgan fingerprint density at radius 3 is 2.21 bits per heavy atom. The Kier molecular flexibility index (Phi) is 5.25. The lowest BCUT2D eigenvalue weighted by molar-refractivity contribution is -0.129. The van der Waals surface area contributed by atoms with Crippen LogP contribution in [-0.2, 0) is 9.84 Å². The molecule has 0 heterocycles. The molecule has 0 amide bonds. The van der Waals surface area contributed by atoms with Crippen molar-refractivity contribution < 1.29 is 21.6 Å². The van der Waals surface area contributed by atoms with E-state index in [2.05, 4.69) is 6.92 Å². The second-order valence-corrected chi connectivity index (χ2v) is 7.54. The molecule has 1 fully saturated rings. The van der Waals surface area contributed by atoms with Crippen LogP contribution in [0.15, 0.2) is 0 Å². The highest BCUT2D eigenvalue weighted by Gasteiger charge is 2.38. The van der Waals surface area contributed by atoms with Crippen molar-refractivity contribution in [1.82, 2.24) is 0 Å². The Hall–Kier alpha value is -0.770. The number of nitriles is 1. The lowest BCUT2D eigenvalue weighted by atomic mass is 9.81.